The Bertz CT molecular complexity index is 731. The van der Waals surface area contributed by atoms with E-state index in [0.29, 0.717) is 12.2 Å². The van der Waals surface area contributed by atoms with Gasteiger partial charge in [-0.1, -0.05) is 41.4 Å². The fourth-order valence-electron chi connectivity index (χ4n) is 2.13. The van der Waals surface area contributed by atoms with Gasteiger partial charge in [0, 0.05) is 10.0 Å². The average Bonchev–Trinajstić information content (AvgIpc) is 2.65. The van der Waals surface area contributed by atoms with Gasteiger partial charge in [0.05, 0.1) is 6.61 Å². The Morgan fingerprint density at radius 2 is 1.88 bits per heavy atom. The predicted octanol–water partition coefficient (Wildman–Crippen LogP) is 4.10. The summed E-state index contributed by atoms with van der Waals surface area (Å²) in [5.74, 6) is -0.0919. The van der Waals surface area contributed by atoms with E-state index in [2.05, 4.69) is 28.2 Å². The fourth-order valence-corrected chi connectivity index (χ4v) is 2.58. The monoisotopic (exact) mass is 419 g/mol. The van der Waals surface area contributed by atoms with Crippen LogP contribution in [0.25, 0.3) is 0 Å². The van der Waals surface area contributed by atoms with E-state index in [4.69, 9.17) is 9.47 Å². The van der Waals surface area contributed by atoms with Gasteiger partial charge in [-0.05, 0) is 48.4 Å². The van der Waals surface area contributed by atoms with Gasteiger partial charge in [-0.2, -0.15) is 0 Å². The lowest BCUT2D eigenvalue weighted by molar-refractivity contribution is -0.143. The molecule has 0 aliphatic carbocycles. The van der Waals surface area contributed by atoms with Crippen LogP contribution in [0.3, 0.4) is 0 Å². The Morgan fingerprint density at radius 1 is 1.12 bits per heavy atom. The zero-order chi connectivity index (χ0) is 18.8. The second-order valence-electron chi connectivity index (χ2n) is 5.70. The lowest BCUT2D eigenvalue weighted by Crippen LogP contribution is -2.30. The van der Waals surface area contributed by atoms with Crippen LogP contribution in [0.2, 0.25) is 0 Å². The predicted molar refractivity (Wildman–Crippen MR) is 103 cm³/mol. The van der Waals surface area contributed by atoms with Crippen molar-refractivity contribution in [3.8, 4) is 5.75 Å². The molecule has 26 heavy (non-hydrogen) atoms. The van der Waals surface area contributed by atoms with E-state index in [-0.39, 0.29) is 19.1 Å². The first-order valence-corrected chi connectivity index (χ1v) is 9.29. The summed E-state index contributed by atoms with van der Waals surface area (Å²) in [6.45, 7) is 2.74. The summed E-state index contributed by atoms with van der Waals surface area (Å²) in [7, 11) is 0. The molecule has 0 aliphatic heterocycles. The van der Waals surface area contributed by atoms with Crippen LogP contribution >= 0.6 is 15.9 Å². The SMILES string of the molecule is CCCCOc1ccc(C(=O)NCC(=O)OCc2cccc(Br)c2)cc1. The van der Waals surface area contributed by atoms with Crippen molar-refractivity contribution in [2.45, 2.75) is 26.4 Å². The van der Waals surface area contributed by atoms with Gasteiger partial charge in [-0.3, -0.25) is 9.59 Å². The first-order valence-electron chi connectivity index (χ1n) is 8.49. The molecule has 1 N–H and O–H groups in total. The summed E-state index contributed by atoms with van der Waals surface area (Å²) >= 11 is 3.36. The molecule has 138 valence electrons. The Hall–Kier alpha value is -2.34. The highest BCUT2D eigenvalue weighted by Gasteiger charge is 2.09. The Balaban J connectivity index is 1.74. The molecule has 2 rings (SSSR count). The molecule has 0 radical (unpaired) electrons. The number of ether oxygens (including phenoxy) is 2. The number of hydrogen-bond acceptors (Lipinski definition) is 4. The second kappa shape index (κ2) is 10.6. The zero-order valence-electron chi connectivity index (χ0n) is 14.7. The standard InChI is InChI=1S/C20H22BrNO4/c1-2-3-11-25-18-9-7-16(8-10-18)20(24)22-13-19(23)26-14-15-5-4-6-17(21)12-15/h4-10,12H,2-3,11,13-14H2,1H3,(H,22,24). The van der Waals surface area contributed by atoms with E-state index >= 15 is 0 Å². The lowest BCUT2D eigenvalue weighted by atomic mass is 10.2. The smallest absolute Gasteiger partial charge is 0.325 e. The molecule has 0 unspecified atom stereocenters. The van der Waals surface area contributed by atoms with Crippen LogP contribution in [-0.2, 0) is 16.1 Å². The third kappa shape index (κ3) is 6.88. The second-order valence-corrected chi connectivity index (χ2v) is 6.62. The van der Waals surface area contributed by atoms with Crippen molar-refractivity contribution in [1.29, 1.82) is 0 Å². The van der Waals surface area contributed by atoms with Crippen LogP contribution in [0.5, 0.6) is 5.75 Å². The number of nitrogens with one attached hydrogen (secondary N) is 1. The molecular formula is C20H22BrNO4. The van der Waals surface area contributed by atoms with Crippen LogP contribution in [0.15, 0.2) is 53.0 Å². The third-order valence-electron chi connectivity index (χ3n) is 3.57. The van der Waals surface area contributed by atoms with Gasteiger partial charge in [0.25, 0.3) is 5.91 Å². The van der Waals surface area contributed by atoms with Crippen molar-refractivity contribution in [2.24, 2.45) is 0 Å². The van der Waals surface area contributed by atoms with E-state index in [0.717, 1.165) is 28.6 Å². The number of esters is 1. The molecule has 0 aromatic heterocycles. The number of carbonyl (C=O) groups excluding carboxylic acids is 2. The maximum Gasteiger partial charge on any atom is 0.325 e. The first-order chi connectivity index (χ1) is 12.6. The highest BCUT2D eigenvalue weighted by atomic mass is 79.9. The van der Waals surface area contributed by atoms with Crippen molar-refractivity contribution in [3.05, 3.63) is 64.1 Å². The van der Waals surface area contributed by atoms with Crippen molar-refractivity contribution in [3.63, 3.8) is 0 Å². The largest absolute Gasteiger partial charge is 0.494 e. The summed E-state index contributed by atoms with van der Waals surface area (Å²) in [4.78, 5) is 23.8. The van der Waals surface area contributed by atoms with Crippen molar-refractivity contribution in [1.82, 2.24) is 5.32 Å². The number of rotatable bonds is 9. The molecule has 5 nitrogen and oxygen atoms in total. The van der Waals surface area contributed by atoms with Crippen molar-refractivity contribution < 1.29 is 19.1 Å². The van der Waals surface area contributed by atoms with E-state index < -0.39 is 5.97 Å². The molecule has 1 amide bonds. The number of hydrogen-bond donors (Lipinski definition) is 1. The van der Waals surface area contributed by atoms with Crippen LogP contribution in [-0.4, -0.2) is 25.0 Å². The number of amides is 1. The Morgan fingerprint density at radius 3 is 2.58 bits per heavy atom. The summed E-state index contributed by atoms with van der Waals surface area (Å²) < 4.78 is 11.6. The van der Waals surface area contributed by atoms with Gasteiger partial charge in [0.2, 0.25) is 0 Å². The number of halogens is 1. The van der Waals surface area contributed by atoms with E-state index in [1.165, 1.54) is 0 Å². The zero-order valence-corrected chi connectivity index (χ0v) is 16.3. The normalized spacial score (nSPS) is 10.2. The Labute approximate surface area is 161 Å². The molecule has 0 bridgehead atoms. The molecule has 2 aromatic rings. The van der Waals surface area contributed by atoms with E-state index in [1.807, 2.05) is 24.3 Å². The van der Waals surface area contributed by atoms with Gasteiger partial charge in [-0.25, -0.2) is 0 Å². The van der Waals surface area contributed by atoms with E-state index in [9.17, 15) is 9.59 Å². The van der Waals surface area contributed by atoms with Gasteiger partial charge in [0.15, 0.2) is 0 Å². The highest BCUT2D eigenvalue weighted by Crippen LogP contribution is 2.13. The summed E-state index contributed by atoms with van der Waals surface area (Å²) in [5, 5.41) is 2.55. The van der Waals surface area contributed by atoms with Gasteiger partial charge >= 0.3 is 5.97 Å². The third-order valence-corrected chi connectivity index (χ3v) is 4.06. The van der Waals surface area contributed by atoms with Gasteiger partial charge < -0.3 is 14.8 Å². The maximum atomic E-state index is 12.1. The van der Waals surface area contributed by atoms with Crippen molar-refractivity contribution >= 4 is 27.8 Å². The van der Waals surface area contributed by atoms with Crippen LogP contribution in [0.4, 0.5) is 0 Å². The van der Waals surface area contributed by atoms with Gasteiger partial charge in [0.1, 0.15) is 18.9 Å². The quantitative estimate of drug-likeness (QED) is 0.490. The summed E-state index contributed by atoms with van der Waals surface area (Å²) in [5.41, 5.74) is 1.34. The molecule has 0 fully saturated rings. The van der Waals surface area contributed by atoms with Gasteiger partial charge in [-0.15, -0.1) is 0 Å². The van der Waals surface area contributed by atoms with Crippen LogP contribution in [0, 0.1) is 0 Å². The van der Waals surface area contributed by atoms with Crippen molar-refractivity contribution in [2.75, 3.05) is 13.2 Å². The number of carbonyl (C=O) groups is 2. The molecule has 2 aromatic carbocycles. The number of unbranched alkanes of at least 4 members (excludes halogenated alkanes) is 1. The molecular weight excluding hydrogens is 398 g/mol. The minimum atomic E-state index is -0.488. The molecule has 0 saturated carbocycles. The van der Waals surface area contributed by atoms with E-state index in [1.54, 1.807) is 24.3 Å². The molecule has 0 aliphatic rings. The highest BCUT2D eigenvalue weighted by molar-refractivity contribution is 9.10. The molecule has 0 spiro atoms. The minimum Gasteiger partial charge on any atom is -0.494 e. The molecule has 6 heteroatoms. The minimum absolute atomic E-state index is 0.165. The molecule has 0 saturated heterocycles. The maximum absolute atomic E-state index is 12.1. The fraction of sp³-hybridized carbons (Fsp3) is 0.300. The number of benzene rings is 2. The average molecular weight is 420 g/mol. The summed E-state index contributed by atoms with van der Waals surface area (Å²) in [6, 6.07) is 14.3. The molecule has 0 heterocycles. The topological polar surface area (TPSA) is 64.6 Å². The van der Waals surface area contributed by atoms with Crippen LogP contribution < -0.4 is 10.1 Å². The van der Waals surface area contributed by atoms with Crippen LogP contribution in [0.1, 0.15) is 35.7 Å². The first kappa shape index (κ1) is 20.0. The lowest BCUT2D eigenvalue weighted by Gasteiger charge is -2.08. The molecule has 0 atom stereocenters. The Kier molecular flexibility index (Phi) is 8.15. The summed E-state index contributed by atoms with van der Waals surface area (Å²) in [6.07, 6.45) is 2.06.